The molecule has 1 aromatic heterocycles. The molecule has 8 nitrogen and oxygen atoms in total. The summed E-state index contributed by atoms with van der Waals surface area (Å²) in [6.45, 7) is 1.77. The molecule has 3 rings (SSSR count). The van der Waals surface area contributed by atoms with Crippen LogP contribution in [-0.4, -0.2) is 32.2 Å². The molecule has 8 heteroatoms. The van der Waals surface area contributed by atoms with E-state index in [1.807, 2.05) is 0 Å². The molecule has 30 heavy (non-hydrogen) atoms. The zero-order valence-corrected chi connectivity index (χ0v) is 16.6. The van der Waals surface area contributed by atoms with Gasteiger partial charge in [0.25, 0.3) is 0 Å². The van der Waals surface area contributed by atoms with Crippen LogP contribution in [0.3, 0.4) is 0 Å². The normalized spacial score (nSPS) is 11.2. The van der Waals surface area contributed by atoms with Gasteiger partial charge in [0, 0.05) is 17.0 Å². The summed E-state index contributed by atoms with van der Waals surface area (Å²) < 4.78 is 15.8. The molecule has 0 aliphatic carbocycles. The van der Waals surface area contributed by atoms with Crippen LogP contribution in [-0.2, 0) is 21.0 Å². The van der Waals surface area contributed by atoms with Crippen molar-refractivity contribution in [3.05, 3.63) is 75.1 Å². The second kappa shape index (κ2) is 9.04. The average Bonchev–Trinajstić information content (AvgIpc) is 2.75. The maximum Gasteiger partial charge on any atom is 0.360 e. The lowest BCUT2D eigenvalue weighted by Crippen LogP contribution is -2.20. The van der Waals surface area contributed by atoms with Crippen molar-refractivity contribution in [1.29, 1.82) is 0 Å². The number of hydrogen-bond donors (Lipinski definition) is 0. The molecular weight excluding hydrogens is 390 g/mol. The number of methoxy groups -OCH3 is 1. The molecule has 0 aliphatic heterocycles. The van der Waals surface area contributed by atoms with Crippen LogP contribution in [0.15, 0.2) is 56.8 Å². The predicted molar refractivity (Wildman–Crippen MR) is 109 cm³/mol. The summed E-state index contributed by atoms with van der Waals surface area (Å²) in [5, 5.41) is 4.40. The number of esters is 1. The highest BCUT2D eigenvalue weighted by atomic mass is 16.6. The summed E-state index contributed by atoms with van der Waals surface area (Å²) in [5.74, 6) is -0.426. The number of oxime groups is 1. The van der Waals surface area contributed by atoms with Gasteiger partial charge in [-0.1, -0.05) is 29.4 Å². The maximum atomic E-state index is 12.1. The second-order valence-electron chi connectivity index (χ2n) is 6.28. The molecule has 0 bridgehead atoms. The van der Waals surface area contributed by atoms with Gasteiger partial charge in [-0.25, -0.2) is 9.59 Å². The highest BCUT2D eigenvalue weighted by molar-refractivity contribution is 6.43. The summed E-state index contributed by atoms with van der Waals surface area (Å²) in [7, 11) is 2.57. The summed E-state index contributed by atoms with van der Waals surface area (Å²) in [6, 6.07) is 11.6. The Balaban J connectivity index is 2.00. The van der Waals surface area contributed by atoms with Gasteiger partial charge < -0.3 is 18.7 Å². The third-order valence-electron chi connectivity index (χ3n) is 4.45. The fraction of sp³-hybridized carbons (Fsp3) is 0.182. The van der Waals surface area contributed by atoms with Gasteiger partial charge in [-0.2, -0.15) is 0 Å². The van der Waals surface area contributed by atoms with Crippen LogP contribution in [0.5, 0.6) is 5.75 Å². The van der Waals surface area contributed by atoms with Crippen LogP contribution in [0.2, 0.25) is 0 Å². The Bertz CT molecular complexity index is 1190. The molecule has 0 fully saturated rings. The molecule has 0 atom stereocenters. The van der Waals surface area contributed by atoms with Crippen molar-refractivity contribution in [2.45, 2.75) is 13.5 Å². The van der Waals surface area contributed by atoms with Gasteiger partial charge in [-0.3, -0.25) is 4.79 Å². The first-order valence-corrected chi connectivity index (χ1v) is 8.93. The van der Waals surface area contributed by atoms with Gasteiger partial charge in [0.05, 0.1) is 12.7 Å². The monoisotopic (exact) mass is 409 g/mol. The Morgan fingerprint density at radius 2 is 1.93 bits per heavy atom. The topological polar surface area (TPSA) is 104 Å². The Kier molecular flexibility index (Phi) is 6.26. The first kappa shape index (κ1) is 20.8. The van der Waals surface area contributed by atoms with Gasteiger partial charge in [-0.15, -0.1) is 0 Å². The van der Waals surface area contributed by atoms with Crippen LogP contribution in [0.1, 0.15) is 27.0 Å². The van der Waals surface area contributed by atoms with Crippen LogP contribution in [0, 0.1) is 6.92 Å². The number of benzene rings is 2. The highest BCUT2D eigenvalue weighted by Crippen LogP contribution is 2.28. The van der Waals surface area contributed by atoms with E-state index in [1.165, 1.54) is 20.3 Å². The number of rotatable bonds is 7. The van der Waals surface area contributed by atoms with Crippen LogP contribution in [0.25, 0.3) is 11.0 Å². The first-order valence-electron chi connectivity index (χ1n) is 8.93. The lowest BCUT2D eigenvalue weighted by molar-refractivity contribution is -0.132. The zero-order valence-electron chi connectivity index (χ0n) is 16.6. The number of carbonyl (C=O) groups excluding carboxylic acids is 2. The number of hydrogen-bond acceptors (Lipinski definition) is 8. The number of nitrogens with zero attached hydrogens (tertiary/aromatic N) is 1. The molecule has 154 valence electrons. The van der Waals surface area contributed by atoms with Crippen molar-refractivity contribution in [3.63, 3.8) is 0 Å². The minimum Gasteiger partial charge on any atom is -0.488 e. The predicted octanol–water partition coefficient (Wildman–Crippen LogP) is 3.02. The molecule has 0 saturated carbocycles. The van der Waals surface area contributed by atoms with Crippen molar-refractivity contribution >= 4 is 28.9 Å². The van der Waals surface area contributed by atoms with Crippen LogP contribution in [0.4, 0.5) is 0 Å². The lowest BCUT2D eigenvalue weighted by atomic mass is 10.0. The van der Waals surface area contributed by atoms with E-state index < -0.39 is 11.6 Å². The molecule has 0 spiro atoms. The molecular formula is C22H19NO7. The van der Waals surface area contributed by atoms with E-state index in [2.05, 4.69) is 5.16 Å². The van der Waals surface area contributed by atoms with E-state index >= 15 is 0 Å². The summed E-state index contributed by atoms with van der Waals surface area (Å²) >= 11 is 0. The molecule has 0 aliphatic rings. The minimum atomic E-state index is -0.666. The van der Waals surface area contributed by atoms with E-state index in [9.17, 15) is 14.4 Å². The summed E-state index contributed by atoms with van der Waals surface area (Å²) in [6.07, 6.45) is 0.582. The Morgan fingerprint density at radius 3 is 2.63 bits per heavy atom. The van der Waals surface area contributed by atoms with Gasteiger partial charge in [0.2, 0.25) is 0 Å². The van der Waals surface area contributed by atoms with E-state index in [4.69, 9.17) is 18.7 Å². The smallest absolute Gasteiger partial charge is 0.360 e. The number of aldehydes is 1. The van der Waals surface area contributed by atoms with Gasteiger partial charge >= 0.3 is 11.6 Å². The standard InChI is InChI=1S/C22H19NO7/c1-13-10-19(25)30-21-15(13)8-9-18(17(21)11-24)29-12-14-6-4-5-7-16(14)20(23-28-3)22(26)27-2/h4-11H,12H2,1-3H3. The Hall–Kier alpha value is -3.94. The van der Waals surface area contributed by atoms with Gasteiger partial charge in [0.1, 0.15) is 19.5 Å². The molecule has 3 aromatic rings. The zero-order chi connectivity index (χ0) is 21.7. The minimum absolute atomic E-state index is 0.0122. The second-order valence-corrected chi connectivity index (χ2v) is 6.28. The van der Waals surface area contributed by atoms with E-state index in [-0.39, 0.29) is 29.2 Å². The molecule has 0 amide bonds. The van der Waals surface area contributed by atoms with E-state index in [0.29, 0.717) is 28.4 Å². The fourth-order valence-corrected chi connectivity index (χ4v) is 3.04. The Morgan fingerprint density at radius 1 is 1.17 bits per heavy atom. The van der Waals surface area contributed by atoms with Crippen molar-refractivity contribution in [2.24, 2.45) is 5.16 Å². The molecule has 1 heterocycles. The number of ether oxygens (including phenoxy) is 2. The maximum absolute atomic E-state index is 12.1. The summed E-state index contributed by atoms with van der Waals surface area (Å²) in [5.41, 5.74) is 1.49. The lowest BCUT2D eigenvalue weighted by Gasteiger charge is -2.13. The quantitative estimate of drug-likeness (QED) is 0.194. The van der Waals surface area contributed by atoms with Gasteiger partial charge in [0.15, 0.2) is 17.6 Å². The number of fused-ring (bicyclic) bond motifs is 1. The molecule has 2 aromatic carbocycles. The molecule has 0 radical (unpaired) electrons. The fourth-order valence-electron chi connectivity index (χ4n) is 3.04. The van der Waals surface area contributed by atoms with Gasteiger partial charge in [-0.05, 0) is 30.2 Å². The SMILES string of the molecule is CON=C(C(=O)OC)c1ccccc1COc1ccc2c(C)cc(=O)oc2c1C=O. The van der Waals surface area contributed by atoms with Crippen molar-refractivity contribution in [1.82, 2.24) is 0 Å². The first-order chi connectivity index (χ1) is 14.5. The summed E-state index contributed by atoms with van der Waals surface area (Å²) in [4.78, 5) is 40.3. The van der Waals surface area contributed by atoms with Crippen LogP contribution < -0.4 is 10.4 Å². The van der Waals surface area contributed by atoms with Crippen LogP contribution >= 0.6 is 0 Å². The van der Waals surface area contributed by atoms with E-state index in [1.54, 1.807) is 43.3 Å². The highest BCUT2D eigenvalue weighted by Gasteiger charge is 2.20. The average molecular weight is 409 g/mol. The molecule has 0 N–H and O–H groups in total. The van der Waals surface area contributed by atoms with Crippen molar-refractivity contribution in [3.8, 4) is 5.75 Å². The molecule has 0 saturated heterocycles. The third kappa shape index (κ3) is 4.07. The number of carbonyl (C=O) groups is 2. The van der Waals surface area contributed by atoms with Crippen molar-refractivity contribution < 1.29 is 28.3 Å². The third-order valence-corrected chi connectivity index (χ3v) is 4.45. The number of aryl methyl sites for hydroxylation is 1. The van der Waals surface area contributed by atoms with Crippen molar-refractivity contribution in [2.75, 3.05) is 14.2 Å². The molecule has 0 unspecified atom stereocenters. The largest absolute Gasteiger partial charge is 0.488 e. The van der Waals surface area contributed by atoms with E-state index in [0.717, 1.165) is 0 Å². The Labute approximate surface area is 171 Å².